The Morgan fingerprint density at radius 1 is 1.06 bits per heavy atom. The highest BCUT2D eigenvalue weighted by Gasteiger charge is 2.11. The lowest BCUT2D eigenvalue weighted by Gasteiger charge is -2.14. The Morgan fingerprint density at radius 3 is 2.61 bits per heavy atom. The monoisotopic (exact) mass is 235 g/mol. The van der Waals surface area contributed by atoms with Crippen molar-refractivity contribution in [2.24, 2.45) is 0 Å². The highest BCUT2D eigenvalue weighted by molar-refractivity contribution is 5.66. The second kappa shape index (κ2) is 4.41. The Morgan fingerprint density at radius 2 is 1.83 bits per heavy atom. The standard InChI is InChI=1S/C17H17N/c1-12-7-9-14(10-8-12)17-11-13(2)15-5-3-4-6-16(15)18-17/h3,5,7-11H,4,6H2,1-2H3. The van der Waals surface area contributed by atoms with Gasteiger partial charge in [-0.25, -0.2) is 0 Å². The van der Waals surface area contributed by atoms with Gasteiger partial charge in [0.05, 0.1) is 5.69 Å². The lowest BCUT2D eigenvalue weighted by atomic mass is 9.96. The molecule has 0 atom stereocenters. The van der Waals surface area contributed by atoms with Gasteiger partial charge in [0, 0.05) is 11.3 Å². The number of nitrogens with zero attached hydrogens (tertiary/aromatic N) is 1. The molecule has 0 fully saturated rings. The summed E-state index contributed by atoms with van der Waals surface area (Å²) in [5.41, 5.74) is 7.48. The molecule has 3 rings (SSSR count). The first-order valence-corrected chi connectivity index (χ1v) is 6.48. The molecule has 0 spiro atoms. The molecule has 0 saturated carbocycles. The lowest BCUT2D eigenvalue weighted by Crippen LogP contribution is -2.02. The zero-order valence-corrected chi connectivity index (χ0v) is 10.9. The Labute approximate surface area is 108 Å². The minimum Gasteiger partial charge on any atom is -0.252 e. The van der Waals surface area contributed by atoms with Gasteiger partial charge in [0.1, 0.15) is 0 Å². The van der Waals surface area contributed by atoms with Crippen LogP contribution in [-0.2, 0) is 6.42 Å². The van der Waals surface area contributed by atoms with Crippen molar-refractivity contribution < 1.29 is 0 Å². The molecule has 1 heterocycles. The van der Waals surface area contributed by atoms with Crippen LogP contribution in [0.25, 0.3) is 17.3 Å². The number of rotatable bonds is 1. The van der Waals surface area contributed by atoms with Gasteiger partial charge >= 0.3 is 0 Å². The topological polar surface area (TPSA) is 12.9 Å². The quantitative estimate of drug-likeness (QED) is 0.717. The molecular weight excluding hydrogens is 218 g/mol. The van der Waals surface area contributed by atoms with E-state index in [9.17, 15) is 0 Å². The molecule has 18 heavy (non-hydrogen) atoms. The predicted octanol–water partition coefficient (Wildman–Crippen LogP) is 4.32. The number of hydrogen-bond acceptors (Lipinski definition) is 1. The third kappa shape index (κ3) is 1.97. The Hall–Kier alpha value is -1.89. The molecule has 0 unspecified atom stereocenters. The third-order valence-electron chi connectivity index (χ3n) is 3.52. The van der Waals surface area contributed by atoms with E-state index in [0.717, 1.165) is 18.5 Å². The summed E-state index contributed by atoms with van der Waals surface area (Å²) in [6, 6.07) is 10.8. The predicted molar refractivity (Wildman–Crippen MR) is 76.5 cm³/mol. The van der Waals surface area contributed by atoms with Crippen molar-refractivity contribution in [1.82, 2.24) is 4.98 Å². The smallest absolute Gasteiger partial charge is 0.0708 e. The van der Waals surface area contributed by atoms with Crippen LogP contribution in [0, 0.1) is 13.8 Å². The maximum absolute atomic E-state index is 4.82. The van der Waals surface area contributed by atoms with Crippen molar-refractivity contribution >= 4 is 6.08 Å². The molecule has 1 aromatic heterocycles. The molecule has 1 aromatic carbocycles. The summed E-state index contributed by atoms with van der Waals surface area (Å²) in [5.74, 6) is 0. The van der Waals surface area contributed by atoms with Crippen LogP contribution >= 0.6 is 0 Å². The van der Waals surface area contributed by atoms with Crippen LogP contribution in [0.1, 0.15) is 28.8 Å². The molecule has 0 aliphatic heterocycles. The van der Waals surface area contributed by atoms with Crippen LogP contribution in [0.3, 0.4) is 0 Å². The van der Waals surface area contributed by atoms with Gasteiger partial charge in [0.25, 0.3) is 0 Å². The van der Waals surface area contributed by atoms with E-state index in [4.69, 9.17) is 4.98 Å². The van der Waals surface area contributed by atoms with Crippen molar-refractivity contribution in [2.45, 2.75) is 26.7 Å². The maximum atomic E-state index is 4.82. The van der Waals surface area contributed by atoms with Gasteiger partial charge < -0.3 is 0 Å². The Kier molecular flexibility index (Phi) is 2.75. The molecule has 1 nitrogen and oxygen atoms in total. The van der Waals surface area contributed by atoms with Crippen molar-refractivity contribution in [3.05, 3.63) is 58.8 Å². The van der Waals surface area contributed by atoms with Gasteiger partial charge in [-0.2, -0.15) is 0 Å². The van der Waals surface area contributed by atoms with E-state index in [-0.39, 0.29) is 0 Å². The Balaban J connectivity index is 2.11. The fourth-order valence-electron chi connectivity index (χ4n) is 2.46. The van der Waals surface area contributed by atoms with Crippen molar-refractivity contribution in [3.8, 4) is 11.3 Å². The lowest BCUT2D eigenvalue weighted by molar-refractivity contribution is 0.924. The minimum atomic E-state index is 1.06. The molecule has 1 aliphatic rings. The first-order chi connectivity index (χ1) is 8.74. The van der Waals surface area contributed by atoms with E-state index in [1.807, 2.05) is 0 Å². The van der Waals surface area contributed by atoms with Crippen molar-refractivity contribution in [2.75, 3.05) is 0 Å². The van der Waals surface area contributed by atoms with Crippen molar-refractivity contribution in [1.29, 1.82) is 0 Å². The zero-order valence-electron chi connectivity index (χ0n) is 10.9. The van der Waals surface area contributed by atoms with Gasteiger partial charge in [0.2, 0.25) is 0 Å². The van der Waals surface area contributed by atoms with E-state index in [0.29, 0.717) is 0 Å². The summed E-state index contributed by atoms with van der Waals surface area (Å²) in [7, 11) is 0. The van der Waals surface area contributed by atoms with Gasteiger partial charge in [-0.05, 0) is 43.9 Å². The van der Waals surface area contributed by atoms with Crippen LogP contribution in [0.15, 0.2) is 36.4 Å². The van der Waals surface area contributed by atoms with Gasteiger partial charge in [0.15, 0.2) is 0 Å². The fourth-order valence-corrected chi connectivity index (χ4v) is 2.46. The number of hydrogen-bond donors (Lipinski definition) is 0. The molecule has 0 saturated heterocycles. The number of allylic oxidation sites excluding steroid dienone is 1. The Bertz CT molecular complexity index is 606. The number of fused-ring (bicyclic) bond motifs is 1. The third-order valence-corrected chi connectivity index (χ3v) is 3.52. The zero-order chi connectivity index (χ0) is 12.5. The highest BCUT2D eigenvalue weighted by Crippen LogP contribution is 2.26. The average Bonchev–Trinajstić information content (AvgIpc) is 2.39. The molecule has 0 amide bonds. The van der Waals surface area contributed by atoms with E-state index < -0.39 is 0 Å². The summed E-state index contributed by atoms with van der Waals surface area (Å²) in [5, 5.41) is 0. The van der Waals surface area contributed by atoms with E-state index in [1.54, 1.807) is 0 Å². The molecule has 2 aromatic rings. The number of pyridine rings is 1. The number of benzene rings is 1. The van der Waals surface area contributed by atoms with E-state index >= 15 is 0 Å². The maximum Gasteiger partial charge on any atom is 0.0708 e. The van der Waals surface area contributed by atoms with Crippen LogP contribution < -0.4 is 0 Å². The number of aryl methyl sites for hydroxylation is 3. The molecule has 0 radical (unpaired) electrons. The summed E-state index contributed by atoms with van der Waals surface area (Å²) in [6.45, 7) is 4.29. The van der Waals surface area contributed by atoms with Crippen LogP contribution in [-0.4, -0.2) is 4.98 Å². The molecule has 1 heteroatoms. The van der Waals surface area contributed by atoms with Crippen LogP contribution in [0.5, 0.6) is 0 Å². The number of aromatic nitrogens is 1. The minimum absolute atomic E-state index is 1.06. The normalized spacial score (nSPS) is 13.4. The second-order valence-corrected chi connectivity index (χ2v) is 4.99. The second-order valence-electron chi connectivity index (χ2n) is 4.99. The summed E-state index contributed by atoms with van der Waals surface area (Å²) < 4.78 is 0. The molecular formula is C17H17N. The molecule has 90 valence electrons. The SMILES string of the molecule is Cc1ccc(-c2cc(C)c3c(n2)CCC=C3)cc1. The fraction of sp³-hybridized carbons (Fsp3) is 0.235. The summed E-state index contributed by atoms with van der Waals surface area (Å²) in [4.78, 5) is 4.82. The molecule has 0 N–H and O–H groups in total. The molecule has 0 bridgehead atoms. The highest BCUT2D eigenvalue weighted by atomic mass is 14.7. The van der Waals surface area contributed by atoms with Crippen LogP contribution in [0.4, 0.5) is 0 Å². The average molecular weight is 235 g/mol. The molecule has 1 aliphatic carbocycles. The van der Waals surface area contributed by atoms with E-state index in [2.05, 4.69) is 56.3 Å². The first kappa shape index (κ1) is 11.2. The van der Waals surface area contributed by atoms with Crippen LogP contribution in [0.2, 0.25) is 0 Å². The summed E-state index contributed by atoms with van der Waals surface area (Å²) >= 11 is 0. The largest absolute Gasteiger partial charge is 0.252 e. The van der Waals surface area contributed by atoms with Crippen molar-refractivity contribution in [3.63, 3.8) is 0 Å². The van der Waals surface area contributed by atoms with Gasteiger partial charge in [-0.15, -0.1) is 0 Å². The van der Waals surface area contributed by atoms with E-state index in [1.165, 1.54) is 27.9 Å². The first-order valence-electron chi connectivity index (χ1n) is 6.48. The summed E-state index contributed by atoms with van der Waals surface area (Å²) in [6.07, 6.45) is 6.62. The van der Waals surface area contributed by atoms with Gasteiger partial charge in [-0.3, -0.25) is 4.98 Å². The van der Waals surface area contributed by atoms with Gasteiger partial charge in [-0.1, -0.05) is 42.0 Å².